The van der Waals surface area contributed by atoms with Crippen molar-refractivity contribution in [3.63, 3.8) is 0 Å². The Labute approximate surface area is 188 Å². The van der Waals surface area contributed by atoms with Crippen LogP contribution in [-0.4, -0.2) is 32.7 Å². The highest BCUT2D eigenvalue weighted by Crippen LogP contribution is 2.16. The number of nitrogens with one attached hydrogen (secondary N) is 1. The van der Waals surface area contributed by atoms with Gasteiger partial charge in [0.05, 0.1) is 5.54 Å². The molecule has 168 valence electrons. The van der Waals surface area contributed by atoms with E-state index in [-0.39, 0.29) is 11.2 Å². The molecule has 0 aliphatic carbocycles. The lowest BCUT2D eigenvalue weighted by molar-refractivity contribution is 0.0690. The second-order valence-corrected chi connectivity index (χ2v) is 8.63. The van der Waals surface area contributed by atoms with Gasteiger partial charge in [0, 0.05) is 6.92 Å². The largest absolute Gasteiger partial charge is 0.477 e. The average Bonchev–Trinajstić information content (AvgIpc) is 3.14. The van der Waals surface area contributed by atoms with E-state index in [1.807, 2.05) is 6.92 Å². The van der Waals surface area contributed by atoms with Gasteiger partial charge in [0.15, 0.2) is 5.82 Å². The maximum absolute atomic E-state index is 10.3. The molecule has 0 unspecified atom stereocenters. The highest BCUT2D eigenvalue weighted by atomic mass is 79.9. The van der Waals surface area contributed by atoms with Gasteiger partial charge < -0.3 is 14.9 Å². The Morgan fingerprint density at radius 3 is 2.23 bits per heavy atom. The first kappa shape index (κ1) is 26.2. The number of halogens is 1. The number of aryl methyl sites for hydroxylation is 1. The van der Waals surface area contributed by atoms with Crippen LogP contribution in [0, 0.1) is 6.92 Å². The number of unbranched alkanes of at least 4 members (excludes halogenated alkanes) is 7. The molecule has 0 saturated carbocycles. The van der Waals surface area contributed by atoms with E-state index in [4.69, 9.17) is 9.63 Å². The number of nitrogens with zero attached hydrogens (tertiary/aromatic N) is 3. The molecule has 7 nitrogen and oxygen atoms in total. The molecule has 2 heterocycles. The molecule has 0 atom stereocenters. The number of pyridine rings is 1. The molecule has 0 aromatic carbocycles. The molecule has 8 heteroatoms. The SMILES string of the molecule is CCCCCCCCCCNC(C)(C)c1noc(C)n1.O=C(O)c1cccc(Br)n1. The molecule has 2 rings (SSSR count). The molecule has 0 fully saturated rings. The second-order valence-electron chi connectivity index (χ2n) is 7.81. The van der Waals surface area contributed by atoms with Crippen LogP contribution in [0.2, 0.25) is 0 Å². The number of hydrogen-bond donors (Lipinski definition) is 2. The molecule has 0 saturated heterocycles. The van der Waals surface area contributed by atoms with Crippen LogP contribution in [0.15, 0.2) is 27.3 Å². The van der Waals surface area contributed by atoms with Crippen LogP contribution in [-0.2, 0) is 5.54 Å². The van der Waals surface area contributed by atoms with Crippen LogP contribution in [0.25, 0.3) is 0 Å². The zero-order chi connectivity index (χ0) is 22.4. The summed E-state index contributed by atoms with van der Waals surface area (Å²) in [6.45, 7) is 9.30. The number of hydrogen-bond acceptors (Lipinski definition) is 6. The molecule has 0 aliphatic rings. The summed E-state index contributed by atoms with van der Waals surface area (Å²) in [7, 11) is 0. The van der Waals surface area contributed by atoms with Crippen molar-refractivity contribution in [2.24, 2.45) is 0 Å². The minimum Gasteiger partial charge on any atom is -0.477 e. The lowest BCUT2D eigenvalue weighted by Crippen LogP contribution is -2.38. The van der Waals surface area contributed by atoms with E-state index in [0.717, 1.165) is 12.4 Å². The normalized spacial score (nSPS) is 11.1. The Balaban J connectivity index is 0.000000375. The number of carboxylic acid groups (broad SMARTS) is 1. The Hall–Kier alpha value is -1.80. The van der Waals surface area contributed by atoms with Gasteiger partial charge in [-0.3, -0.25) is 0 Å². The number of carboxylic acids is 1. The van der Waals surface area contributed by atoms with Crippen molar-refractivity contribution < 1.29 is 14.4 Å². The lowest BCUT2D eigenvalue weighted by atomic mass is 10.0. The van der Waals surface area contributed by atoms with Gasteiger partial charge in [0.1, 0.15) is 10.3 Å². The molecule has 0 radical (unpaired) electrons. The van der Waals surface area contributed by atoms with Crippen molar-refractivity contribution >= 4 is 21.9 Å². The molecule has 0 spiro atoms. The summed E-state index contributed by atoms with van der Waals surface area (Å²) in [6, 6.07) is 4.74. The second kappa shape index (κ2) is 14.2. The molecule has 0 aliphatic heterocycles. The van der Waals surface area contributed by atoms with Crippen molar-refractivity contribution in [2.45, 2.75) is 84.6 Å². The summed E-state index contributed by atoms with van der Waals surface area (Å²) >= 11 is 3.06. The Morgan fingerprint density at radius 2 is 1.73 bits per heavy atom. The Bertz CT molecular complexity index is 749. The van der Waals surface area contributed by atoms with Gasteiger partial charge >= 0.3 is 5.97 Å². The van der Waals surface area contributed by atoms with Crippen molar-refractivity contribution in [3.8, 4) is 0 Å². The van der Waals surface area contributed by atoms with E-state index in [1.165, 1.54) is 57.4 Å². The summed E-state index contributed by atoms with van der Waals surface area (Å²) in [5.74, 6) is 0.359. The van der Waals surface area contributed by atoms with Crippen molar-refractivity contribution in [1.29, 1.82) is 0 Å². The number of aromatic nitrogens is 3. The molecule has 2 aromatic heterocycles. The number of aromatic carboxylic acids is 1. The zero-order valence-corrected chi connectivity index (χ0v) is 20.2. The third kappa shape index (κ3) is 10.8. The highest BCUT2D eigenvalue weighted by molar-refractivity contribution is 9.10. The molecular weight excluding hydrogens is 448 g/mol. The van der Waals surface area contributed by atoms with Crippen molar-refractivity contribution in [2.75, 3.05) is 6.54 Å². The fourth-order valence-electron chi connectivity index (χ4n) is 2.82. The van der Waals surface area contributed by atoms with Crippen LogP contribution in [0.1, 0.15) is 94.3 Å². The first-order valence-electron chi connectivity index (χ1n) is 10.7. The molecular formula is C22H35BrN4O3. The van der Waals surface area contributed by atoms with Crippen molar-refractivity contribution in [1.82, 2.24) is 20.4 Å². The summed E-state index contributed by atoms with van der Waals surface area (Å²) in [4.78, 5) is 18.3. The fraction of sp³-hybridized carbons (Fsp3) is 0.636. The third-order valence-corrected chi connectivity index (χ3v) is 5.06. The summed E-state index contributed by atoms with van der Waals surface area (Å²) < 4.78 is 5.58. The predicted octanol–water partition coefficient (Wildman–Crippen LogP) is 5.89. The van der Waals surface area contributed by atoms with E-state index >= 15 is 0 Å². The average molecular weight is 483 g/mol. The summed E-state index contributed by atoms with van der Waals surface area (Å²) in [5, 5.41) is 15.9. The molecule has 2 aromatic rings. The van der Waals surface area contributed by atoms with Crippen LogP contribution in [0.3, 0.4) is 0 Å². The first-order valence-corrected chi connectivity index (χ1v) is 11.5. The smallest absolute Gasteiger partial charge is 0.354 e. The highest BCUT2D eigenvalue weighted by Gasteiger charge is 2.25. The fourth-order valence-corrected chi connectivity index (χ4v) is 3.16. The topological polar surface area (TPSA) is 101 Å². The van der Waals surface area contributed by atoms with E-state index < -0.39 is 5.97 Å². The maximum Gasteiger partial charge on any atom is 0.354 e. The minimum atomic E-state index is -1.01. The zero-order valence-electron chi connectivity index (χ0n) is 18.6. The van der Waals surface area contributed by atoms with E-state index in [9.17, 15) is 4.79 Å². The van der Waals surface area contributed by atoms with Gasteiger partial charge in [0.25, 0.3) is 0 Å². The number of carbonyl (C=O) groups is 1. The molecule has 0 amide bonds. The monoisotopic (exact) mass is 482 g/mol. The predicted molar refractivity (Wildman–Crippen MR) is 122 cm³/mol. The van der Waals surface area contributed by atoms with E-state index in [1.54, 1.807) is 12.1 Å². The Kier molecular flexibility index (Phi) is 12.5. The van der Waals surface area contributed by atoms with Gasteiger partial charge in [-0.1, -0.05) is 63.1 Å². The standard InChI is InChI=1S/C16H31N3O.C6H4BrNO2/c1-5-6-7-8-9-10-11-12-13-17-16(3,4)15-18-14(2)20-19-15;7-5-3-1-2-4(8-5)6(9)10/h17H,5-13H2,1-4H3;1-3H,(H,9,10). The lowest BCUT2D eigenvalue weighted by Gasteiger charge is -2.22. The minimum absolute atomic E-state index is 0.0503. The van der Waals surface area contributed by atoms with Crippen molar-refractivity contribution in [3.05, 3.63) is 40.2 Å². The van der Waals surface area contributed by atoms with Gasteiger partial charge in [0.2, 0.25) is 5.89 Å². The van der Waals surface area contributed by atoms with Gasteiger partial charge in [-0.05, 0) is 54.9 Å². The van der Waals surface area contributed by atoms with E-state index in [0.29, 0.717) is 10.5 Å². The molecule has 30 heavy (non-hydrogen) atoms. The van der Waals surface area contributed by atoms with Gasteiger partial charge in [-0.15, -0.1) is 0 Å². The quantitative estimate of drug-likeness (QED) is 0.287. The molecule has 2 N–H and O–H groups in total. The van der Waals surface area contributed by atoms with Crippen LogP contribution >= 0.6 is 15.9 Å². The third-order valence-electron chi connectivity index (χ3n) is 4.62. The number of rotatable bonds is 12. The first-order chi connectivity index (χ1) is 14.3. The van der Waals surface area contributed by atoms with E-state index in [2.05, 4.69) is 57.1 Å². The van der Waals surface area contributed by atoms with Crippen LogP contribution in [0.4, 0.5) is 0 Å². The Morgan fingerprint density at radius 1 is 1.10 bits per heavy atom. The van der Waals surface area contributed by atoms with Crippen LogP contribution < -0.4 is 5.32 Å². The summed E-state index contributed by atoms with van der Waals surface area (Å²) in [5.41, 5.74) is -0.159. The summed E-state index contributed by atoms with van der Waals surface area (Å²) in [6.07, 6.45) is 10.8. The van der Waals surface area contributed by atoms with Gasteiger partial charge in [-0.25, -0.2) is 9.78 Å². The molecule has 0 bridgehead atoms. The van der Waals surface area contributed by atoms with Crippen LogP contribution in [0.5, 0.6) is 0 Å². The maximum atomic E-state index is 10.3. The van der Waals surface area contributed by atoms with Gasteiger partial charge in [-0.2, -0.15) is 4.98 Å².